The minimum absolute atomic E-state index is 0.268. The molecule has 0 radical (unpaired) electrons. The van der Waals surface area contributed by atoms with E-state index in [4.69, 9.17) is 37.4 Å². The van der Waals surface area contributed by atoms with Crippen LogP contribution in [0.25, 0.3) is 0 Å². The van der Waals surface area contributed by atoms with Crippen LogP contribution in [-0.4, -0.2) is 31.7 Å². The Morgan fingerprint density at radius 1 is 0.971 bits per heavy atom. The molecule has 0 heterocycles. The lowest BCUT2D eigenvalue weighted by Crippen LogP contribution is -2.32. The van der Waals surface area contributed by atoms with Crippen molar-refractivity contribution >= 4 is 46.9 Å². The third kappa shape index (κ3) is 7.63. The second-order valence-corrected chi connectivity index (χ2v) is 7.90. The second kappa shape index (κ2) is 12.6. The highest BCUT2D eigenvalue weighted by Gasteiger charge is 2.14. The van der Waals surface area contributed by atoms with E-state index < -0.39 is 11.8 Å². The summed E-state index contributed by atoms with van der Waals surface area (Å²) in [5, 5.41) is 7.24. The normalized spacial score (nSPS) is 10.6. The van der Waals surface area contributed by atoms with Crippen molar-refractivity contribution < 1.29 is 23.8 Å². The van der Waals surface area contributed by atoms with Gasteiger partial charge in [0.15, 0.2) is 11.5 Å². The van der Waals surface area contributed by atoms with Crippen LogP contribution >= 0.6 is 23.2 Å². The summed E-state index contributed by atoms with van der Waals surface area (Å²) in [4.78, 5) is 24.1. The van der Waals surface area contributed by atoms with Crippen LogP contribution in [0.3, 0.4) is 0 Å². The van der Waals surface area contributed by atoms with Crippen LogP contribution in [0.15, 0.2) is 65.8 Å². The van der Waals surface area contributed by atoms with Crippen molar-refractivity contribution in [1.82, 2.24) is 5.43 Å². The maximum Gasteiger partial charge on any atom is 0.329 e. The van der Waals surface area contributed by atoms with E-state index in [0.29, 0.717) is 45.2 Å². The number of carbonyl (C=O) groups excluding carboxylic acids is 2. The van der Waals surface area contributed by atoms with Gasteiger partial charge in [-0.2, -0.15) is 5.10 Å². The van der Waals surface area contributed by atoms with Crippen molar-refractivity contribution in [2.75, 3.05) is 19.0 Å². The van der Waals surface area contributed by atoms with Gasteiger partial charge in [0, 0.05) is 10.7 Å². The predicted molar refractivity (Wildman–Crippen MR) is 136 cm³/mol. The van der Waals surface area contributed by atoms with Gasteiger partial charge in [0.25, 0.3) is 0 Å². The Hall–Kier alpha value is -3.75. The number of halogens is 2. The molecule has 3 rings (SSSR count). The van der Waals surface area contributed by atoms with E-state index in [-0.39, 0.29) is 6.61 Å². The van der Waals surface area contributed by atoms with E-state index in [0.717, 1.165) is 5.56 Å². The first-order valence-electron chi connectivity index (χ1n) is 10.5. The Labute approximate surface area is 212 Å². The lowest BCUT2D eigenvalue weighted by Gasteiger charge is -2.14. The molecule has 0 aromatic heterocycles. The first-order valence-corrected chi connectivity index (χ1v) is 11.3. The summed E-state index contributed by atoms with van der Waals surface area (Å²) >= 11 is 12.3. The van der Waals surface area contributed by atoms with Crippen molar-refractivity contribution in [1.29, 1.82) is 0 Å². The molecule has 3 aromatic carbocycles. The smallest absolute Gasteiger partial charge is 0.329 e. The Kier molecular flexibility index (Phi) is 9.34. The van der Waals surface area contributed by atoms with Gasteiger partial charge in [0.1, 0.15) is 12.4 Å². The summed E-state index contributed by atoms with van der Waals surface area (Å²) in [6, 6.07) is 17.1. The first kappa shape index (κ1) is 25.9. The average Bonchev–Trinajstić information content (AvgIpc) is 2.85. The van der Waals surface area contributed by atoms with E-state index in [1.807, 2.05) is 19.1 Å². The molecule has 0 aliphatic heterocycles. The van der Waals surface area contributed by atoms with Crippen LogP contribution in [0.5, 0.6) is 17.2 Å². The average molecular weight is 516 g/mol. The lowest BCUT2D eigenvalue weighted by atomic mass is 10.2. The number of hydrogen-bond donors (Lipinski definition) is 2. The number of carbonyl (C=O) groups is 2. The zero-order valence-corrected chi connectivity index (χ0v) is 20.5. The lowest BCUT2D eigenvalue weighted by molar-refractivity contribution is -0.136. The van der Waals surface area contributed by atoms with Gasteiger partial charge in [-0.15, -0.1) is 0 Å². The molecule has 0 aliphatic rings. The quantitative estimate of drug-likeness (QED) is 0.235. The largest absolute Gasteiger partial charge is 0.497 e. The summed E-state index contributed by atoms with van der Waals surface area (Å²) in [6.07, 6.45) is 1.34. The number of hydrazone groups is 1. The number of hydrogen-bond acceptors (Lipinski definition) is 6. The van der Waals surface area contributed by atoms with Crippen molar-refractivity contribution in [2.45, 2.75) is 13.5 Å². The second-order valence-electron chi connectivity index (χ2n) is 7.06. The molecule has 0 fully saturated rings. The van der Waals surface area contributed by atoms with Crippen molar-refractivity contribution in [3.05, 3.63) is 81.8 Å². The molecule has 2 N–H and O–H groups in total. The fourth-order valence-corrected chi connectivity index (χ4v) is 3.28. The molecule has 3 aromatic rings. The van der Waals surface area contributed by atoms with Crippen LogP contribution in [0.2, 0.25) is 10.0 Å². The van der Waals surface area contributed by atoms with E-state index in [1.165, 1.54) is 13.3 Å². The number of ether oxygens (including phenoxy) is 3. The molecule has 2 amide bonds. The minimum atomic E-state index is -0.934. The summed E-state index contributed by atoms with van der Waals surface area (Å²) in [6.45, 7) is 2.49. The van der Waals surface area contributed by atoms with E-state index in [1.54, 1.807) is 48.5 Å². The zero-order chi connectivity index (χ0) is 25.2. The number of amides is 2. The molecule has 0 unspecified atom stereocenters. The highest BCUT2D eigenvalue weighted by Crippen LogP contribution is 2.37. The molecule has 0 atom stereocenters. The summed E-state index contributed by atoms with van der Waals surface area (Å²) in [7, 11) is 1.53. The van der Waals surface area contributed by atoms with Crippen LogP contribution in [0, 0.1) is 0 Å². The van der Waals surface area contributed by atoms with Crippen LogP contribution in [-0.2, 0) is 16.2 Å². The minimum Gasteiger partial charge on any atom is -0.497 e. The van der Waals surface area contributed by atoms with Gasteiger partial charge in [-0.1, -0.05) is 35.3 Å². The van der Waals surface area contributed by atoms with Crippen molar-refractivity contribution in [3.8, 4) is 17.2 Å². The fourth-order valence-electron chi connectivity index (χ4n) is 2.88. The van der Waals surface area contributed by atoms with E-state index in [9.17, 15) is 9.59 Å². The maximum absolute atomic E-state index is 12.1. The van der Waals surface area contributed by atoms with Crippen molar-refractivity contribution in [2.24, 2.45) is 5.10 Å². The number of nitrogens with one attached hydrogen (secondary N) is 2. The monoisotopic (exact) mass is 515 g/mol. The Morgan fingerprint density at radius 2 is 1.69 bits per heavy atom. The van der Waals surface area contributed by atoms with E-state index >= 15 is 0 Å². The highest BCUT2D eigenvalue weighted by atomic mass is 35.5. The number of benzene rings is 3. The molecule has 0 bridgehead atoms. The topological polar surface area (TPSA) is 98.2 Å². The van der Waals surface area contributed by atoms with Gasteiger partial charge in [-0.05, 0) is 66.6 Å². The molecule has 10 heteroatoms. The molecule has 0 aliphatic carbocycles. The molecule has 0 saturated carbocycles. The molecule has 35 heavy (non-hydrogen) atoms. The number of rotatable bonds is 9. The van der Waals surface area contributed by atoms with E-state index in [2.05, 4.69) is 15.8 Å². The van der Waals surface area contributed by atoms with Crippen LogP contribution in [0.1, 0.15) is 18.1 Å². The number of anilines is 1. The Bertz CT molecular complexity index is 1200. The maximum atomic E-state index is 12.1. The molecular weight excluding hydrogens is 493 g/mol. The third-order valence-electron chi connectivity index (χ3n) is 4.56. The predicted octanol–water partition coefficient (Wildman–Crippen LogP) is 5.07. The number of methoxy groups -OCH3 is 1. The summed E-state index contributed by atoms with van der Waals surface area (Å²) in [5.41, 5.74) is 4.07. The Balaban J connectivity index is 1.62. The highest BCUT2D eigenvalue weighted by molar-refractivity contribution is 6.39. The fraction of sp³-hybridized carbons (Fsp3) is 0.160. The molecule has 182 valence electrons. The molecule has 8 nitrogen and oxygen atoms in total. The zero-order valence-electron chi connectivity index (χ0n) is 19.0. The third-order valence-corrected chi connectivity index (χ3v) is 5.09. The SMILES string of the molecule is CCOc1cc(/C=N\NC(=O)C(=O)Nc2ccc(OC)cc2)cc(Cl)c1OCc1ccc(Cl)cc1. The first-order chi connectivity index (χ1) is 16.9. The summed E-state index contributed by atoms with van der Waals surface area (Å²) in [5.74, 6) is -0.381. The van der Waals surface area contributed by atoms with Crippen LogP contribution < -0.4 is 25.0 Å². The van der Waals surface area contributed by atoms with Gasteiger partial charge in [-0.3, -0.25) is 9.59 Å². The summed E-state index contributed by atoms with van der Waals surface area (Å²) < 4.78 is 16.6. The van der Waals surface area contributed by atoms with Crippen molar-refractivity contribution in [3.63, 3.8) is 0 Å². The van der Waals surface area contributed by atoms with Crippen LogP contribution in [0.4, 0.5) is 5.69 Å². The number of nitrogens with zero attached hydrogens (tertiary/aromatic N) is 1. The standard InChI is InChI=1S/C25H23Cl2N3O5/c1-3-34-22-13-17(12-21(27)23(22)35-15-16-4-6-18(26)7-5-16)14-28-30-25(32)24(31)29-19-8-10-20(33-2)11-9-19/h4-14H,3,15H2,1-2H3,(H,29,31)(H,30,32)/b28-14-. The molecule has 0 spiro atoms. The Morgan fingerprint density at radius 3 is 2.34 bits per heavy atom. The molecular formula is C25H23Cl2N3O5. The van der Waals surface area contributed by atoms with Gasteiger partial charge in [0.05, 0.1) is 25.0 Å². The van der Waals surface area contributed by atoms with Gasteiger partial charge >= 0.3 is 11.8 Å². The van der Waals surface area contributed by atoms with Gasteiger partial charge in [0.2, 0.25) is 0 Å². The van der Waals surface area contributed by atoms with Gasteiger partial charge < -0.3 is 19.5 Å². The molecule has 0 saturated heterocycles. The van der Waals surface area contributed by atoms with Gasteiger partial charge in [-0.25, -0.2) is 5.43 Å².